The number of nitrogens with one attached hydrogen (secondary N) is 2. The first kappa shape index (κ1) is 19.4. The molecular weight excluding hydrogens is 441 g/mol. The molecule has 1 saturated heterocycles. The summed E-state index contributed by atoms with van der Waals surface area (Å²) in [5.74, 6) is 2.27. The molecule has 3 aromatic heterocycles. The number of hydrogen-bond donors (Lipinski definition) is 2. The van der Waals surface area contributed by atoms with Crippen LogP contribution in [0.4, 0.5) is 17.5 Å². The van der Waals surface area contributed by atoms with Gasteiger partial charge in [0.25, 0.3) is 0 Å². The Hall–Kier alpha value is -2.52. The molecule has 0 aliphatic carbocycles. The van der Waals surface area contributed by atoms with Gasteiger partial charge in [0.05, 0.1) is 20.3 Å². The van der Waals surface area contributed by atoms with Gasteiger partial charge in [0.1, 0.15) is 23.0 Å². The standard InChI is InChI=1S/C20H17Cl2N7S/c21-12-2-1-3-13(22)17(12)20-27-14-4-5-24-19(18(14)30-20)28-15-10-16(26-11-25-15)29-8-6-23-7-9-29/h1-5,10-11,23H,6-9H2,(H,24,25,26,28). The lowest BCUT2D eigenvalue weighted by Gasteiger charge is -2.28. The molecule has 10 heteroatoms. The number of anilines is 3. The first-order chi connectivity index (χ1) is 14.7. The van der Waals surface area contributed by atoms with Crippen molar-refractivity contribution in [3.8, 4) is 10.6 Å². The Morgan fingerprint density at radius 2 is 1.83 bits per heavy atom. The van der Waals surface area contributed by atoms with Crippen LogP contribution in [-0.4, -0.2) is 46.1 Å². The van der Waals surface area contributed by atoms with Crippen LogP contribution in [0.2, 0.25) is 10.0 Å². The predicted octanol–water partition coefficient (Wildman–Crippen LogP) is 4.61. The van der Waals surface area contributed by atoms with Gasteiger partial charge in [0, 0.05) is 44.0 Å². The second-order valence-electron chi connectivity index (χ2n) is 6.75. The van der Waals surface area contributed by atoms with Crippen LogP contribution in [0.3, 0.4) is 0 Å². The lowest BCUT2D eigenvalue weighted by Crippen LogP contribution is -2.43. The van der Waals surface area contributed by atoms with Gasteiger partial charge >= 0.3 is 0 Å². The van der Waals surface area contributed by atoms with E-state index in [9.17, 15) is 0 Å². The van der Waals surface area contributed by atoms with E-state index < -0.39 is 0 Å². The van der Waals surface area contributed by atoms with Crippen molar-refractivity contribution in [3.05, 3.63) is 52.9 Å². The molecule has 7 nitrogen and oxygen atoms in total. The molecule has 0 saturated carbocycles. The zero-order valence-corrected chi connectivity index (χ0v) is 18.1. The number of piperazine rings is 1. The SMILES string of the molecule is Clc1cccc(Cl)c1-c1nc2ccnc(Nc3cc(N4CCNCC4)ncn3)c2s1. The van der Waals surface area contributed by atoms with Crippen LogP contribution in [0.5, 0.6) is 0 Å². The first-order valence-electron chi connectivity index (χ1n) is 9.44. The second kappa shape index (κ2) is 8.31. The van der Waals surface area contributed by atoms with Crippen molar-refractivity contribution in [1.29, 1.82) is 0 Å². The molecule has 0 atom stereocenters. The van der Waals surface area contributed by atoms with E-state index in [0.717, 1.165) is 52.8 Å². The van der Waals surface area contributed by atoms with Gasteiger partial charge < -0.3 is 15.5 Å². The molecular formula is C20H17Cl2N7S. The van der Waals surface area contributed by atoms with Crippen molar-refractivity contribution in [2.45, 2.75) is 0 Å². The Balaban J connectivity index is 1.49. The molecule has 1 aliphatic rings. The Kier molecular flexibility index (Phi) is 5.39. The maximum absolute atomic E-state index is 6.38. The maximum atomic E-state index is 6.38. The molecule has 30 heavy (non-hydrogen) atoms. The number of thiazole rings is 1. The second-order valence-corrected chi connectivity index (χ2v) is 8.56. The van der Waals surface area contributed by atoms with Crippen LogP contribution in [0.15, 0.2) is 42.9 Å². The van der Waals surface area contributed by atoms with E-state index in [1.807, 2.05) is 30.3 Å². The Bertz CT molecular complexity index is 1190. The van der Waals surface area contributed by atoms with E-state index in [4.69, 9.17) is 28.2 Å². The van der Waals surface area contributed by atoms with Crippen LogP contribution in [-0.2, 0) is 0 Å². The van der Waals surface area contributed by atoms with Gasteiger partial charge in [-0.3, -0.25) is 0 Å². The number of rotatable bonds is 4. The number of pyridine rings is 1. The van der Waals surface area contributed by atoms with Crippen molar-refractivity contribution in [1.82, 2.24) is 25.3 Å². The molecule has 1 aromatic carbocycles. The fourth-order valence-electron chi connectivity index (χ4n) is 3.36. The normalized spacial score (nSPS) is 14.3. The third kappa shape index (κ3) is 3.79. The molecule has 1 aliphatic heterocycles. The molecule has 0 spiro atoms. The van der Waals surface area contributed by atoms with Crippen LogP contribution < -0.4 is 15.5 Å². The van der Waals surface area contributed by atoms with Gasteiger partial charge in [0.2, 0.25) is 0 Å². The summed E-state index contributed by atoms with van der Waals surface area (Å²) < 4.78 is 0.908. The summed E-state index contributed by atoms with van der Waals surface area (Å²) in [6.45, 7) is 3.73. The summed E-state index contributed by atoms with van der Waals surface area (Å²) in [4.78, 5) is 20.2. The summed E-state index contributed by atoms with van der Waals surface area (Å²) in [5.41, 5.74) is 1.55. The molecule has 2 N–H and O–H groups in total. The number of hydrogen-bond acceptors (Lipinski definition) is 8. The minimum absolute atomic E-state index is 0.570. The highest BCUT2D eigenvalue weighted by Gasteiger charge is 2.17. The fourth-order valence-corrected chi connectivity index (χ4v) is 5.12. The van der Waals surface area contributed by atoms with Crippen molar-refractivity contribution in [2.24, 2.45) is 0 Å². The summed E-state index contributed by atoms with van der Waals surface area (Å²) in [6.07, 6.45) is 3.29. The Labute approximate surface area is 187 Å². The lowest BCUT2D eigenvalue weighted by atomic mass is 10.2. The van der Waals surface area contributed by atoms with Gasteiger partial charge in [-0.2, -0.15) is 0 Å². The van der Waals surface area contributed by atoms with Gasteiger partial charge in [-0.25, -0.2) is 19.9 Å². The lowest BCUT2D eigenvalue weighted by molar-refractivity contribution is 0.584. The van der Waals surface area contributed by atoms with Gasteiger partial charge in [-0.1, -0.05) is 29.3 Å². The highest BCUT2D eigenvalue weighted by Crippen LogP contribution is 2.40. The average Bonchev–Trinajstić information content (AvgIpc) is 3.19. The third-order valence-corrected chi connectivity index (χ3v) is 6.55. The van der Waals surface area contributed by atoms with E-state index in [0.29, 0.717) is 21.7 Å². The van der Waals surface area contributed by atoms with Crippen LogP contribution >= 0.6 is 34.5 Å². The molecule has 5 rings (SSSR count). The monoisotopic (exact) mass is 457 g/mol. The van der Waals surface area contributed by atoms with E-state index >= 15 is 0 Å². The highest BCUT2D eigenvalue weighted by atomic mass is 35.5. The van der Waals surface area contributed by atoms with Gasteiger partial charge in [-0.05, 0) is 18.2 Å². The molecule has 1 fully saturated rings. The summed E-state index contributed by atoms with van der Waals surface area (Å²) in [7, 11) is 0. The van der Waals surface area contributed by atoms with Crippen molar-refractivity contribution in [2.75, 3.05) is 36.4 Å². The van der Waals surface area contributed by atoms with E-state index in [1.165, 1.54) is 11.3 Å². The number of nitrogens with zero attached hydrogens (tertiary/aromatic N) is 5. The van der Waals surface area contributed by atoms with Crippen LogP contribution in [0, 0.1) is 0 Å². The summed E-state index contributed by atoms with van der Waals surface area (Å²) in [6, 6.07) is 9.26. The quantitative estimate of drug-likeness (QED) is 0.463. The van der Waals surface area contributed by atoms with E-state index in [2.05, 4.69) is 30.5 Å². The average molecular weight is 458 g/mol. The number of benzene rings is 1. The van der Waals surface area contributed by atoms with Crippen LogP contribution in [0.1, 0.15) is 0 Å². The summed E-state index contributed by atoms with van der Waals surface area (Å²) >= 11 is 14.2. The molecule has 0 radical (unpaired) electrons. The van der Waals surface area contributed by atoms with Crippen molar-refractivity contribution >= 4 is 62.2 Å². The smallest absolute Gasteiger partial charge is 0.151 e. The first-order valence-corrected chi connectivity index (χ1v) is 11.0. The molecule has 0 amide bonds. The highest BCUT2D eigenvalue weighted by molar-refractivity contribution is 7.22. The Morgan fingerprint density at radius 3 is 2.63 bits per heavy atom. The minimum Gasteiger partial charge on any atom is -0.354 e. The topological polar surface area (TPSA) is 78.9 Å². The fraction of sp³-hybridized carbons (Fsp3) is 0.200. The van der Waals surface area contributed by atoms with Gasteiger partial charge in [-0.15, -0.1) is 11.3 Å². The Morgan fingerprint density at radius 1 is 1.03 bits per heavy atom. The number of aromatic nitrogens is 4. The largest absolute Gasteiger partial charge is 0.354 e. The zero-order chi connectivity index (χ0) is 20.5. The molecule has 4 aromatic rings. The molecule has 152 valence electrons. The minimum atomic E-state index is 0.570. The van der Waals surface area contributed by atoms with Crippen molar-refractivity contribution in [3.63, 3.8) is 0 Å². The van der Waals surface area contributed by atoms with E-state index in [-0.39, 0.29) is 0 Å². The summed E-state index contributed by atoms with van der Waals surface area (Å²) in [5, 5.41) is 8.56. The molecule has 4 heterocycles. The maximum Gasteiger partial charge on any atom is 0.151 e. The number of halogens is 2. The third-order valence-electron chi connectivity index (χ3n) is 4.82. The van der Waals surface area contributed by atoms with E-state index in [1.54, 1.807) is 12.5 Å². The zero-order valence-electron chi connectivity index (χ0n) is 15.8. The van der Waals surface area contributed by atoms with Gasteiger partial charge in [0.15, 0.2) is 5.82 Å². The predicted molar refractivity (Wildman–Crippen MR) is 123 cm³/mol. The van der Waals surface area contributed by atoms with Crippen molar-refractivity contribution < 1.29 is 0 Å². The molecule has 0 unspecified atom stereocenters. The van der Waals surface area contributed by atoms with Crippen LogP contribution in [0.25, 0.3) is 20.8 Å². The number of fused-ring (bicyclic) bond motifs is 1. The molecule has 0 bridgehead atoms.